The van der Waals surface area contributed by atoms with Crippen LogP contribution in [-0.4, -0.2) is 15.8 Å². The van der Waals surface area contributed by atoms with Crippen molar-refractivity contribution in [3.63, 3.8) is 0 Å². The van der Waals surface area contributed by atoms with Gasteiger partial charge < -0.3 is 5.32 Å². The standard InChI is InChI=1S/C16H22N2OS/c1-10(2)16(5)14(19)18-15(20-16)17-12(4)13-8-6-11(3)7-9-13/h6-10,12H,1-5H3,(H,17,18,19)/t12-,16?/m0/s1. The van der Waals surface area contributed by atoms with Gasteiger partial charge in [0.25, 0.3) is 0 Å². The number of hydrogen-bond acceptors (Lipinski definition) is 3. The number of hydrogen-bond donors (Lipinski definition) is 1. The number of rotatable bonds is 3. The average Bonchev–Trinajstić information content (AvgIpc) is 2.66. The van der Waals surface area contributed by atoms with E-state index in [1.807, 2.05) is 6.92 Å². The number of nitrogens with zero attached hydrogens (tertiary/aromatic N) is 1. The number of carbonyl (C=O) groups excluding carboxylic acids is 1. The molecule has 0 aromatic heterocycles. The van der Waals surface area contributed by atoms with E-state index in [2.05, 4.69) is 62.3 Å². The van der Waals surface area contributed by atoms with Gasteiger partial charge in [-0.2, -0.15) is 0 Å². The van der Waals surface area contributed by atoms with Crippen molar-refractivity contribution < 1.29 is 4.79 Å². The molecule has 0 bridgehead atoms. The van der Waals surface area contributed by atoms with Crippen molar-refractivity contribution in [2.75, 3.05) is 0 Å². The molecule has 0 spiro atoms. The molecule has 2 atom stereocenters. The summed E-state index contributed by atoms with van der Waals surface area (Å²) in [6.07, 6.45) is 0. The monoisotopic (exact) mass is 290 g/mol. The summed E-state index contributed by atoms with van der Waals surface area (Å²) in [5.74, 6) is 0.335. The largest absolute Gasteiger partial charge is 0.304 e. The molecule has 1 fully saturated rings. The SMILES string of the molecule is Cc1ccc([C@H](C)N=C2NC(=O)C(C)(C(C)C)S2)cc1. The molecule has 108 valence electrons. The van der Waals surface area contributed by atoms with Crippen molar-refractivity contribution >= 4 is 22.8 Å². The molecule has 4 heteroatoms. The van der Waals surface area contributed by atoms with E-state index >= 15 is 0 Å². The van der Waals surface area contributed by atoms with Crippen molar-refractivity contribution in [2.24, 2.45) is 10.9 Å². The topological polar surface area (TPSA) is 41.5 Å². The number of benzene rings is 1. The number of amidine groups is 1. The second kappa shape index (κ2) is 5.60. The van der Waals surface area contributed by atoms with Gasteiger partial charge in [0.1, 0.15) is 4.75 Å². The summed E-state index contributed by atoms with van der Waals surface area (Å²) in [6, 6.07) is 8.41. The van der Waals surface area contributed by atoms with Crippen LogP contribution >= 0.6 is 11.8 Å². The van der Waals surface area contributed by atoms with Crippen LogP contribution in [0.5, 0.6) is 0 Å². The van der Waals surface area contributed by atoms with Crippen molar-refractivity contribution in [1.29, 1.82) is 0 Å². The Morgan fingerprint density at radius 3 is 2.30 bits per heavy atom. The molecule has 1 unspecified atom stereocenters. The second-order valence-corrected chi connectivity index (χ2v) is 7.28. The molecule has 20 heavy (non-hydrogen) atoms. The molecular weight excluding hydrogens is 268 g/mol. The number of carbonyl (C=O) groups is 1. The summed E-state index contributed by atoms with van der Waals surface area (Å²) in [6.45, 7) is 10.2. The molecule has 0 saturated carbocycles. The Morgan fingerprint density at radius 1 is 1.20 bits per heavy atom. The lowest BCUT2D eigenvalue weighted by atomic mass is 9.96. The van der Waals surface area contributed by atoms with Gasteiger partial charge in [-0.05, 0) is 32.3 Å². The zero-order valence-corrected chi connectivity index (χ0v) is 13.5. The van der Waals surface area contributed by atoms with E-state index in [0.717, 1.165) is 10.7 Å². The van der Waals surface area contributed by atoms with E-state index in [0.29, 0.717) is 0 Å². The Bertz CT molecular complexity index is 536. The third kappa shape index (κ3) is 2.90. The van der Waals surface area contributed by atoms with E-state index in [1.54, 1.807) is 11.8 Å². The van der Waals surface area contributed by atoms with E-state index < -0.39 is 4.75 Å². The van der Waals surface area contributed by atoms with Crippen LogP contribution in [0.25, 0.3) is 0 Å². The van der Waals surface area contributed by atoms with Crippen molar-refractivity contribution in [2.45, 2.75) is 45.4 Å². The van der Waals surface area contributed by atoms with Gasteiger partial charge >= 0.3 is 0 Å². The number of aryl methyl sites for hydroxylation is 1. The Morgan fingerprint density at radius 2 is 1.80 bits per heavy atom. The van der Waals surface area contributed by atoms with Crippen molar-refractivity contribution in [1.82, 2.24) is 5.32 Å². The van der Waals surface area contributed by atoms with Crippen LogP contribution in [0, 0.1) is 12.8 Å². The normalized spacial score (nSPS) is 26.1. The Balaban J connectivity index is 2.16. The number of amides is 1. The van der Waals surface area contributed by atoms with Gasteiger partial charge in [-0.25, -0.2) is 0 Å². The minimum absolute atomic E-state index is 0.0490. The molecule has 2 rings (SSSR count). The minimum Gasteiger partial charge on any atom is -0.304 e. The quantitative estimate of drug-likeness (QED) is 0.922. The molecule has 1 aliphatic rings. The second-order valence-electron chi connectivity index (χ2n) is 5.84. The van der Waals surface area contributed by atoms with Gasteiger partial charge in [0.05, 0.1) is 6.04 Å². The van der Waals surface area contributed by atoms with Crippen LogP contribution < -0.4 is 5.32 Å². The predicted molar refractivity (Wildman–Crippen MR) is 86.0 cm³/mol. The maximum atomic E-state index is 12.1. The zero-order chi connectivity index (χ0) is 14.9. The van der Waals surface area contributed by atoms with Gasteiger partial charge in [0, 0.05) is 0 Å². The first-order valence-electron chi connectivity index (χ1n) is 6.97. The molecule has 1 aromatic rings. The molecule has 1 saturated heterocycles. The highest BCUT2D eigenvalue weighted by Crippen LogP contribution is 2.38. The lowest BCUT2D eigenvalue weighted by Gasteiger charge is -2.22. The molecule has 3 nitrogen and oxygen atoms in total. The molecule has 1 heterocycles. The van der Waals surface area contributed by atoms with Gasteiger partial charge in [-0.3, -0.25) is 9.79 Å². The molecular formula is C16H22N2OS. The van der Waals surface area contributed by atoms with E-state index in [4.69, 9.17) is 0 Å². The molecule has 0 radical (unpaired) electrons. The lowest BCUT2D eigenvalue weighted by Crippen LogP contribution is -2.38. The highest BCUT2D eigenvalue weighted by Gasteiger charge is 2.44. The lowest BCUT2D eigenvalue weighted by molar-refractivity contribution is -0.122. The van der Waals surface area contributed by atoms with Crippen LogP contribution in [0.15, 0.2) is 29.3 Å². The summed E-state index contributed by atoms with van der Waals surface area (Å²) in [5.41, 5.74) is 2.40. The first-order valence-corrected chi connectivity index (χ1v) is 7.79. The Labute approximate surface area is 125 Å². The van der Waals surface area contributed by atoms with Crippen LogP contribution in [0.3, 0.4) is 0 Å². The smallest absolute Gasteiger partial charge is 0.242 e. The summed E-state index contributed by atoms with van der Waals surface area (Å²) in [7, 11) is 0. The molecule has 0 aliphatic carbocycles. The summed E-state index contributed by atoms with van der Waals surface area (Å²) in [5, 5.41) is 3.65. The number of aliphatic imine (C=N–C) groups is 1. The highest BCUT2D eigenvalue weighted by atomic mass is 32.2. The fraction of sp³-hybridized carbons (Fsp3) is 0.500. The maximum Gasteiger partial charge on any atom is 0.242 e. The fourth-order valence-corrected chi connectivity index (χ4v) is 3.16. The van der Waals surface area contributed by atoms with Gasteiger partial charge in [0.15, 0.2) is 5.17 Å². The molecule has 1 aliphatic heterocycles. The Kier molecular flexibility index (Phi) is 4.23. The zero-order valence-electron chi connectivity index (χ0n) is 12.7. The Hall–Kier alpha value is -1.29. The van der Waals surface area contributed by atoms with Crippen LogP contribution in [0.4, 0.5) is 0 Å². The summed E-state index contributed by atoms with van der Waals surface area (Å²) >= 11 is 1.54. The third-order valence-corrected chi connectivity index (χ3v) is 5.43. The minimum atomic E-state index is -0.411. The maximum absolute atomic E-state index is 12.1. The number of nitrogens with one attached hydrogen (secondary N) is 1. The van der Waals surface area contributed by atoms with E-state index in [1.165, 1.54) is 5.56 Å². The molecule has 1 aromatic carbocycles. The van der Waals surface area contributed by atoms with E-state index in [-0.39, 0.29) is 17.9 Å². The molecule has 1 N–H and O–H groups in total. The van der Waals surface area contributed by atoms with Crippen LogP contribution in [0.1, 0.15) is 44.9 Å². The fourth-order valence-electron chi connectivity index (χ4n) is 2.03. The van der Waals surface area contributed by atoms with E-state index in [9.17, 15) is 4.79 Å². The van der Waals surface area contributed by atoms with Crippen molar-refractivity contribution in [3.8, 4) is 0 Å². The highest BCUT2D eigenvalue weighted by molar-refractivity contribution is 8.16. The average molecular weight is 290 g/mol. The molecule has 1 amide bonds. The van der Waals surface area contributed by atoms with Crippen LogP contribution in [-0.2, 0) is 4.79 Å². The summed E-state index contributed by atoms with van der Waals surface area (Å²) in [4.78, 5) is 16.7. The predicted octanol–water partition coefficient (Wildman–Crippen LogP) is 3.69. The summed E-state index contributed by atoms with van der Waals surface area (Å²) < 4.78 is -0.411. The van der Waals surface area contributed by atoms with Gasteiger partial charge in [0.2, 0.25) is 5.91 Å². The van der Waals surface area contributed by atoms with Crippen molar-refractivity contribution in [3.05, 3.63) is 35.4 Å². The van der Waals surface area contributed by atoms with Gasteiger partial charge in [-0.1, -0.05) is 55.4 Å². The number of thioether (sulfide) groups is 1. The first-order chi connectivity index (χ1) is 9.33. The van der Waals surface area contributed by atoms with Crippen LogP contribution in [0.2, 0.25) is 0 Å². The van der Waals surface area contributed by atoms with Gasteiger partial charge in [-0.15, -0.1) is 0 Å². The first kappa shape index (κ1) is 15.1. The third-order valence-electron chi connectivity index (χ3n) is 3.95.